The van der Waals surface area contributed by atoms with Gasteiger partial charge < -0.3 is 19.1 Å². The van der Waals surface area contributed by atoms with Crippen molar-refractivity contribution in [3.05, 3.63) is 88.4 Å². The molecule has 35 heavy (non-hydrogen) atoms. The number of methoxy groups -OCH3 is 1. The van der Waals surface area contributed by atoms with E-state index in [9.17, 15) is 4.79 Å². The van der Waals surface area contributed by atoms with E-state index in [2.05, 4.69) is 42.5 Å². The van der Waals surface area contributed by atoms with Crippen LogP contribution in [0, 0.1) is 0 Å². The Morgan fingerprint density at radius 1 is 0.914 bits per heavy atom. The summed E-state index contributed by atoms with van der Waals surface area (Å²) in [5.74, 6) is 0.967. The SMILES string of the molecule is COCc1ccc(-c2ccc3c(c2)CCC2(CCN(C(=O)OCc4ccc(Cl)cc4)CC2)O3)cc1. The highest BCUT2D eigenvalue weighted by atomic mass is 35.5. The summed E-state index contributed by atoms with van der Waals surface area (Å²) in [6.45, 7) is 2.15. The summed E-state index contributed by atoms with van der Waals surface area (Å²) < 4.78 is 17.3. The molecule has 6 heteroatoms. The first-order valence-electron chi connectivity index (χ1n) is 12.1. The van der Waals surface area contributed by atoms with Crippen LogP contribution in [0.1, 0.15) is 36.0 Å². The zero-order valence-electron chi connectivity index (χ0n) is 20.0. The fourth-order valence-electron chi connectivity index (χ4n) is 4.93. The molecule has 5 nitrogen and oxygen atoms in total. The quantitative estimate of drug-likeness (QED) is 0.401. The van der Waals surface area contributed by atoms with Gasteiger partial charge in [-0.1, -0.05) is 54.1 Å². The van der Waals surface area contributed by atoms with Crippen LogP contribution >= 0.6 is 11.6 Å². The minimum absolute atomic E-state index is 0.205. The minimum atomic E-state index is -0.271. The van der Waals surface area contributed by atoms with Crippen molar-refractivity contribution in [2.24, 2.45) is 0 Å². The molecule has 1 saturated heterocycles. The van der Waals surface area contributed by atoms with Crippen LogP contribution in [0.2, 0.25) is 5.02 Å². The summed E-state index contributed by atoms with van der Waals surface area (Å²) in [6.07, 6.45) is 3.29. The lowest BCUT2D eigenvalue weighted by Gasteiger charge is -2.44. The first-order chi connectivity index (χ1) is 17.0. The first kappa shape index (κ1) is 23.7. The van der Waals surface area contributed by atoms with Crippen LogP contribution in [0.15, 0.2) is 66.7 Å². The lowest BCUT2D eigenvalue weighted by Crippen LogP contribution is -2.51. The molecule has 0 N–H and O–H groups in total. The Bertz CT molecular complexity index is 1170. The summed E-state index contributed by atoms with van der Waals surface area (Å²) in [4.78, 5) is 14.4. The molecule has 0 radical (unpaired) electrons. The van der Waals surface area contributed by atoms with Gasteiger partial charge in [0.1, 0.15) is 18.0 Å². The lowest BCUT2D eigenvalue weighted by atomic mass is 9.82. The van der Waals surface area contributed by atoms with Gasteiger partial charge in [0.15, 0.2) is 0 Å². The number of nitrogens with zero attached hydrogens (tertiary/aromatic N) is 1. The van der Waals surface area contributed by atoms with E-state index in [4.69, 9.17) is 25.8 Å². The normalized spacial score (nSPS) is 16.5. The monoisotopic (exact) mass is 491 g/mol. The van der Waals surface area contributed by atoms with Gasteiger partial charge in [0.05, 0.1) is 6.61 Å². The molecule has 1 spiro atoms. The average Bonchev–Trinajstić information content (AvgIpc) is 2.89. The van der Waals surface area contributed by atoms with Gasteiger partial charge in [-0.3, -0.25) is 0 Å². The Hall–Kier alpha value is -3.02. The van der Waals surface area contributed by atoms with Crippen LogP contribution in [0.4, 0.5) is 4.79 Å². The van der Waals surface area contributed by atoms with Gasteiger partial charge in [0.25, 0.3) is 0 Å². The molecular weight excluding hydrogens is 462 g/mol. The van der Waals surface area contributed by atoms with Gasteiger partial charge in [-0.15, -0.1) is 0 Å². The lowest BCUT2D eigenvalue weighted by molar-refractivity contribution is -0.0150. The van der Waals surface area contributed by atoms with Gasteiger partial charge in [-0.2, -0.15) is 0 Å². The molecule has 0 saturated carbocycles. The van der Waals surface area contributed by atoms with Crippen molar-refractivity contribution >= 4 is 17.7 Å². The van der Waals surface area contributed by atoms with Crippen LogP contribution in [0.25, 0.3) is 11.1 Å². The van der Waals surface area contributed by atoms with Crippen molar-refractivity contribution < 1.29 is 19.0 Å². The number of halogens is 1. The van der Waals surface area contributed by atoms with Gasteiger partial charge in [-0.25, -0.2) is 4.79 Å². The number of hydrogen-bond donors (Lipinski definition) is 0. The van der Waals surface area contributed by atoms with Gasteiger partial charge in [0.2, 0.25) is 0 Å². The van der Waals surface area contributed by atoms with E-state index in [1.165, 1.54) is 22.3 Å². The molecule has 2 aliphatic rings. The highest BCUT2D eigenvalue weighted by Crippen LogP contribution is 2.41. The Morgan fingerprint density at radius 2 is 1.57 bits per heavy atom. The van der Waals surface area contributed by atoms with Crippen LogP contribution in [0.3, 0.4) is 0 Å². The van der Waals surface area contributed by atoms with E-state index in [0.29, 0.717) is 24.7 Å². The molecule has 0 aromatic heterocycles. The minimum Gasteiger partial charge on any atom is -0.487 e. The maximum Gasteiger partial charge on any atom is 0.410 e. The zero-order valence-corrected chi connectivity index (χ0v) is 20.7. The number of piperidine rings is 1. The third kappa shape index (κ3) is 5.47. The summed E-state index contributed by atoms with van der Waals surface area (Å²) in [5, 5.41) is 0.670. The third-order valence-corrected chi connectivity index (χ3v) is 7.30. The van der Waals surface area contributed by atoms with Crippen LogP contribution in [-0.4, -0.2) is 36.8 Å². The highest BCUT2D eigenvalue weighted by molar-refractivity contribution is 6.30. The number of aryl methyl sites for hydroxylation is 1. The number of hydrogen-bond acceptors (Lipinski definition) is 4. The Kier molecular flexibility index (Phi) is 6.98. The topological polar surface area (TPSA) is 48.0 Å². The Morgan fingerprint density at radius 3 is 2.29 bits per heavy atom. The number of rotatable bonds is 5. The number of benzene rings is 3. The second kappa shape index (κ2) is 10.3. The second-order valence-electron chi connectivity index (χ2n) is 9.41. The summed E-state index contributed by atoms with van der Waals surface area (Å²) in [5.41, 5.74) is 5.53. The van der Waals surface area contributed by atoms with E-state index >= 15 is 0 Å². The molecule has 2 heterocycles. The number of carbonyl (C=O) groups excluding carboxylic acids is 1. The van der Waals surface area contributed by atoms with Crippen molar-refractivity contribution in [2.75, 3.05) is 20.2 Å². The molecule has 2 aliphatic heterocycles. The Labute approximate surface area is 211 Å². The standard InChI is InChI=1S/C29H30ClNO4/c1-33-19-21-2-6-23(7-3-21)24-8-11-27-25(18-24)12-13-29(35-27)14-16-31(17-15-29)28(32)34-20-22-4-9-26(30)10-5-22/h2-11,18H,12-17,19-20H2,1H3. The number of likely N-dealkylation sites (tertiary alicyclic amines) is 1. The molecule has 182 valence electrons. The predicted molar refractivity (Wildman–Crippen MR) is 137 cm³/mol. The summed E-state index contributed by atoms with van der Waals surface area (Å²) >= 11 is 5.92. The average molecular weight is 492 g/mol. The molecule has 3 aromatic carbocycles. The molecule has 0 aliphatic carbocycles. The third-order valence-electron chi connectivity index (χ3n) is 7.04. The number of carbonyl (C=O) groups is 1. The van der Waals surface area contributed by atoms with Crippen molar-refractivity contribution in [3.8, 4) is 16.9 Å². The number of amides is 1. The van der Waals surface area contributed by atoms with E-state index in [0.717, 1.165) is 37.0 Å². The van der Waals surface area contributed by atoms with Gasteiger partial charge in [-0.05, 0) is 64.9 Å². The van der Waals surface area contributed by atoms with Crippen molar-refractivity contribution in [2.45, 2.75) is 44.5 Å². The van der Waals surface area contributed by atoms with Crippen molar-refractivity contribution in [1.82, 2.24) is 4.90 Å². The molecule has 1 amide bonds. The van der Waals surface area contributed by atoms with Crippen LogP contribution in [-0.2, 0) is 29.1 Å². The second-order valence-corrected chi connectivity index (χ2v) is 9.84. The van der Waals surface area contributed by atoms with Crippen molar-refractivity contribution in [3.63, 3.8) is 0 Å². The molecule has 0 bridgehead atoms. The van der Waals surface area contributed by atoms with E-state index in [1.807, 2.05) is 12.1 Å². The number of fused-ring (bicyclic) bond motifs is 1. The largest absolute Gasteiger partial charge is 0.487 e. The molecule has 1 fully saturated rings. The van der Waals surface area contributed by atoms with Crippen LogP contribution < -0.4 is 4.74 Å². The zero-order chi connectivity index (χ0) is 24.3. The molecular formula is C29H30ClNO4. The predicted octanol–water partition coefficient (Wildman–Crippen LogP) is 6.65. The summed E-state index contributed by atoms with van der Waals surface area (Å²) in [6, 6.07) is 22.3. The fraction of sp³-hybridized carbons (Fsp3) is 0.345. The van der Waals surface area contributed by atoms with E-state index in [1.54, 1.807) is 24.1 Å². The summed E-state index contributed by atoms with van der Waals surface area (Å²) in [7, 11) is 1.71. The molecule has 5 rings (SSSR count). The molecule has 3 aromatic rings. The highest BCUT2D eigenvalue weighted by Gasteiger charge is 2.40. The Balaban J connectivity index is 1.17. The number of ether oxygens (including phenoxy) is 3. The van der Waals surface area contributed by atoms with Gasteiger partial charge in [0, 0.05) is 38.1 Å². The maximum absolute atomic E-state index is 12.6. The van der Waals surface area contributed by atoms with E-state index < -0.39 is 0 Å². The maximum atomic E-state index is 12.6. The first-order valence-corrected chi connectivity index (χ1v) is 12.5. The molecule has 0 atom stereocenters. The smallest absolute Gasteiger partial charge is 0.410 e. The van der Waals surface area contributed by atoms with Crippen molar-refractivity contribution in [1.29, 1.82) is 0 Å². The van der Waals surface area contributed by atoms with Gasteiger partial charge >= 0.3 is 6.09 Å². The van der Waals surface area contributed by atoms with E-state index in [-0.39, 0.29) is 18.3 Å². The van der Waals surface area contributed by atoms with Crippen LogP contribution in [0.5, 0.6) is 5.75 Å². The fourth-order valence-corrected chi connectivity index (χ4v) is 5.05. The molecule has 0 unspecified atom stereocenters.